The van der Waals surface area contributed by atoms with Crippen LogP contribution in [0.1, 0.15) is 43.5 Å². The molecule has 0 aromatic heterocycles. The predicted octanol–water partition coefficient (Wildman–Crippen LogP) is 1.70. The van der Waals surface area contributed by atoms with Crippen LogP contribution in [0, 0.1) is 0 Å². The smallest absolute Gasteiger partial charge is 0.253 e. The number of phenolic OH excluding ortho intramolecular Hbond substituents is 1. The quantitative estimate of drug-likeness (QED) is 0.706. The highest BCUT2D eigenvalue weighted by atomic mass is 35.5. The first-order valence-corrected chi connectivity index (χ1v) is 9.43. The summed E-state index contributed by atoms with van der Waals surface area (Å²) in [5.41, 5.74) is -1.17. The van der Waals surface area contributed by atoms with Gasteiger partial charge in [0.05, 0.1) is 16.2 Å². The van der Waals surface area contributed by atoms with E-state index in [1.807, 2.05) is 6.92 Å². The second-order valence-corrected chi connectivity index (χ2v) is 8.03. The average molecular weight is 397 g/mol. The van der Waals surface area contributed by atoms with Gasteiger partial charge < -0.3 is 25.2 Å². The molecule has 3 N–H and O–H groups in total. The number of aliphatic hydroxyl groups is 1. The topological polar surface area (TPSA) is 99.1 Å². The van der Waals surface area contributed by atoms with Gasteiger partial charge in [-0.1, -0.05) is 11.6 Å². The number of hydrogen-bond acceptors (Lipinski definition) is 5. The van der Waals surface area contributed by atoms with E-state index in [9.17, 15) is 19.8 Å². The van der Waals surface area contributed by atoms with E-state index in [1.165, 1.54) is 19.1 Å². The van der Waals surface area contributed by atoms with Crippen molar-refractivity contribution >= 4 is 23.4 Å². The molecule has 0 unspecified atom stereocenters. The molecule has 3 rings (SSSR count). The Morgan fingerprint density at radius 1 is 1.30 bits per heavy atom. The largest absolute Gasteiger partial charge is 0.506 e. The molecule has 0 radical (unpaired) electrons. The van der Waals surface area contributed by atoms with E-state index in [0.29, 0.717) is 44.5 Å². The van der Waals surface area contributed by atoms with Crippen LogP contribution < -0.4 is 5.32 Å². The van der Waals surface area contributed by atoms with Gasteiger partial charge in [0.2, 0.25) is 5.91 Å². The number of nitrogens with zero attached hydrogens (tertiary/aromatic N) is 1. The fraction of sp³-hybridized carbons (Fsp3) is 0.579. The zero-order valence-electron chi connectivity index (χ0n) is 15.5. The maximum atomic E-state index is 12.7. The van der Waals surface area contributed by atoms with Crippen molar-refractivity contribution in [2.75, 3.05) is 19.7 Å². The van der Waals surface area contributed by atoms with Gasteiger partial charge in [-0.2, -0.15) is 0 Å². The molecule has 2 amide bonds. The number of halogens is 1. The molecule has 2 heterocycles. The van der Waals surface area contributed by atoms with Gasteiger partial charge in [-0.05, 0) is 44.4 Å². The molecule has 27 heavy (non-hydrogen) atoms. The summed E-state index contributed by atoms with van der Waals surface area (Å²) < 4.78 is 5.97. The van der Waals surface area contributed by atoms with Crippen LogP contribution in [0.5, 0.6) is 5.75 Å². The lowest BCUT2D eigenvalue weighted by Gasteiger charge is -2.53. The Balaban J connectivity index is 1.71. The Morgan fingerprint density at radius 3 is 2.56 bits per heavy atom. The highest BCUT2D eigenvalue weighted by molar-refractivity contribution is 6.32. The number of aromatic hydroxyl groups is 1. The minimum atomic E-state index is -0.862. The van der Waals surface area contributed by atoms with Crippen LogP contribution in [0.15, 0.2) is 18.2 Å². The lowest BCUT2D eigenvalue weighted by molar-refractivity contribution is -0.205. The number of carbonyl (C=O) groups is 2. The number of ether oxygens (including phenoxy) is 1. The third kappa shape index (κ3) is 3.77. The van der Waals surface area contributed by atoms with Crippen LogP contribution >= 0.6 is 11.6 Å². The SMILES string of the molecule is CC(=O)N[C@@]1(C)CCOC2(CCN(C(=O)c3ccc(Cl)c(O)c3)CC2)[C@@H]1O. The lowest BCUT2D eigenvalue weighted by atomic mass is 9.73. The molecule has 1 spiro atoms. The molecular formula is C19H25ClN2O5. The standard InChI is InChI=1S/C19H25ClN2O5/c1-12(23)21-18(2)7-10-27-19(17(18)26)5-8-22(9-6-19)16(25)13-3-4-14(20)15(24)11-13/h3-4,11,17,24,26H,5-10H2,1-2H3,(H,21,23)/t17-,18+/m1/s1. The van der Waals surface area contributed by atoms with Gasteiger partial charge in [-0.25, -0.2) is 0 Å². The van der Waals surface area contributed by atoms with Crippen LogP contribution in [0.4, 0.5) is 0 Å². The normalized spacial score (nSPS) is 27.4. The molecule has 0 bridgehead atoms. The van der Waals surface area contributed by atoms with Crippen LogP contribution in [0.3, 0.4) is 0 Å². The number of nitrogens with one attached hydrogen (secondary N) is 1. The summed E-state index contributed by atoms with van der Waals surface area (Å²) in [6.07, 6.45) is 0.602. The number of benzene rings is 1. The van der Waals surface area contributed by atoms with Gasteiger partial charge in [-0.3, -0.25) is 9.59 Å². The number of phenols is 1. The van der Waals surface area contributed by atoms with Crippen molar-refractivity contribution in [3.05, 3.63) is 28.8 Å². The summed E-state index contributed by atoms with van der Waals surface area (Å²) in [7, 11) is 0. The summed E-state index contributed by atoms with van der Waals surface area (Å²) in [5, 5.41) is 23.7. The van der Waals surface area contributed by atoms with Crippen molar-refractivity contribution in [3.63, 3.8) is 0 Å². The summed E-state index contributed by atoms with van der Waals surface area (Å²) in [4.78, 5) is 25.9. The zero-order valence-corrected chi connectivity index (χ0v) is 16.3. The van der Waals surface area contributed by atoms with E-state index >= 15 is 0 Å². The van der Waals surface area contributed by atoms with Crippen molar-refractivity contribution in [1.82, 2.24) is 10.2 Å². The van der Waals surface area contributed by atoms with Gasteiger partial charge in [0.15, 0.2) is 0 Å². The molecule has 148 valence electrons. The first-order valence-electron chi connectivity index (χ1n) is 9.05. The Hall–Kier alpha value is -1.83. The van der Waals surface area contributed by atoms with Gasteiger partial charge >= 0.3 is 0 Å². The molecule has 0 aliphatic carbocycles. The molecule has 7 nitrogen and oxygen atoms in total. The van der Waals surface area contributed by atoms with Crippen molar-refractivity contribution in [1.29, 1.82) is 0 Å². The van der Waals surface area contributed by atoms with Gasteiger partial charge in [-0.15, -0.1) is 0 Å². The second kappa shape index (κ2) is 7.30. The Labute approximate surface area is 163 Å². The molecule has 8 heteroatoms. The van der Waals surface area contributed by atoms with Crippen LogP contribution in [0.2, 0.25) is 5.02 Å². The van der Waals surface area contributed by atoms with Crippen molar-refractivity contribution in [2.24, 2.45) is 0 Å². The molecule has 2 fully saturated rings. The predicted molar refractivity (Wildman–Crippen MR) is 99.8 cm³/mol. The molecule has 0 saturated carbocycles. The number of piperidine rings is 1. The number of rotatable bonds is 2. The minimum absolute atomic E-state index is 0.131. The van der Waals surface area contributed by atoms with Crippen molar-refractivity contribution in [3.8, 4) is 5.75 Å². The summed E-state index contributed by atoms with van der Waals surface area (Å²) in [5.74, 6) is -0.524. The first kappa shape index (κ1) is 19.9. The molecule has 2 saturated heterocycles. The first-order chi connectivity index (χ1) is 12.7. The zero-order chi connectivity index (χ0) is 19.8. The number of likely N-dealkylation sites (tertiary alicyclic amines) is 1. The molecule has 2 atom stereocenters. The van der Waals surface area contributed by atoms with Crippen LogP contribution in [0.25, 0.3) is 0 Å². The number of carbonyl (C=O) groups excluding carboxylic acids is 2. The number of amides is 2. The third-order valence-corrected chi connectivity index (χ3v) is 5.98. The molecule has 1 aromatic rings. The van der Waals surface area contributed by atoms with E-state index in [0.717, 1.165) is 0 Å². The van der Waals surface area contributed by atoms with Crippen molar-refractivity contribution in [2.45, 2.75) is 50.4 Å². The van der Waals surface area contributed by atoms with Gasteiger partial charge in [0, 0.05) is 32.2 Å². The Kier molecular flexibility index (Phi) is 5.38. The molecule has 2 aliphatic heterocycles. The number of hydrogen-bond donors (Lipinski definition) is 3. The van der Waals surface area contributed by atoms with E-state index in [2.05, 4.69) is 5.32 Å². The summed E-state index contributed by atoms with van der Waals surface area (Å²) in [6.45, 7) is 4.53. The summed E-state index contributed by atoms with van der Waals surface area (Å²) >= 11 is 5.80. The van der Waals surface area contributed by atoms with E-state index in [1.54, 1.807) is 11.0 Å². The van der Waals surface area contributed by atoms with Crippen LogP contribution in [-0.2, 0) is 9.53 Å². The molecule has 1 aromatic carbocycles. The molecular weight excluding hydrogens is 372 g/mol. The van der Waals surface area contributed by atoms with Gasteiger partial charge in [0.1, 0.15) is 11.9 Å². The lowest BCUT2D eigenvalue weighted by Crippen LogP contribution is -2.69. The van der Waals surface area contributed by atoms with Gasteiger partial charge in [0.25, 0.3) is 5.91 Å². The van der Waals surface area contributed by atoms with E-state index in [4.69, 9.17) is 16.3 Å². The Morgan fingerprint density at radius 2 is 1.96 bits per heavy atom. The fourth-order valence-corrected chi connectivity index (χ4v) is 4.25. The molecule has 2 aliphatic rings. The minimum Gasteiger partial charge on any atom is -0.506 e. The average Bonchev–Trinajstić information content (AvgIpc) is 2.62. The number of aliphatic hydroxyl groups excluding tert-OH is 1. The monoisotopic (exact) mass is 396 g/mol. The third-order valence-electron chi connectivity index (χ3n) is 5.66. The van der Waals surface area contributed by atoms with Crippen molar-refractivity contribution < 1.29 is 24.5 Å². The maximum absolute atomic E-state index is 12.7. The Bertz CT molecular complexity index is 748. The summed E-state index contributed by atoms with van der Waals surface area (Å²) in [6, 6.07) is 4.42. The van der Waals surface area contributed by atoms with E-state index < -0.39 is 17.2 Å². The fourth-order valence-electron chi connectivity index (χ4n) is 4.13. The second-order valence-electron chi connectivity index (χ2n) is 7.62. The highest BCUT2D eigenvalue weighted by Gasteiger charge is 2.53. The van der Waals surface area contributed by atoms with E-state index in [-0.39, 0.29) is 22.6 Å². The highest BCUT2D eigenvalue weighted by Crippen LogP contribution is 2.40. The maximum Gasteiger partial charge on any atom is 0.253 e. The van der Waals surface area contributed by atoms with Crippen LogP contribution in [-0.4, -0.2) is 63.9 Å².